The van der Waals surface area contributed by atoms with Crippen LogP contribution >= 0.6 is 0 Å². The van der Waals surface area contributed by atoms with E-state index in [-0.39, 0.29) is 0 Å². The molecule has 0 saturated heterocycles. The molecule has 166 valence electrons. The van der Waals surface area contributed by atoms with Gasteiger partial charge in [-0.15, -0.1) is 0 Å². The van der Waals surface area contributed by atoms with Gasteiger partial charge in [0, 0.05) is 25.5 Å². The second kappa shape index (κ2) is 18.4. The molecule has 0 aromatic carbocycles. The van der Waals surface area contributed by atoms with E-state index >= 15 is 0 Å². The van der Waals surface area contributed by atoms with Crippen LogP contribution in [-0.4, -0.2) is 29.1 Å². The van der Waals surface area contributed by atoms with Crippen molar-refractivity contribution in [3.63, 3.8) is 0 Å². The Hall–Kier alpha value is -0.660. The molecule has 0 fully saturated rings. The molecule has 0 N–H and O–H groups in total. The lowest BCUT2D eigenvalue weighted by molar-refractivity contribution is 0.143. The fraction of sp³-hybridized carbons (Fsp3) is 0.923. The first-order chi connectivity index (χ1) is 13.8. The quantitative estimate of drug-likeness (QED) is 0.192. The van der Waals surface area contributed by atoms with Crippen LogP contribution in [-0.2, 0) is 0 Å². The Labute approximate surface area is 178 Å². The Morgan fingerprint density at radius 3 is 1.39 bits per heavy atom. The summed E-state index contributed by atoms with van der Waals surface area (Å²) >= 11 is 0. The van der Waals surface area contributed by atoms with Crippen LogP contribution in [0.25, 0.3) is 0 Å². The predicted octanol–water partition coefficient (Wildman–Crippen LogP) is 8.48. The van der Waals surface area contributed by atoms with Gasteiger partial charge in [0.15, 0.2) is 0 Å². The smallest absolute Gasteiger partial charge is 0.101 e. The molecule has 1 atom stereocenters. The zero-order valence-electron chi connectivity index (χ0n) is 19.8. The summed E-state index contributed by atoms with van der Waals surface area (Å²) < 4.78 is 0. The van der Waals surface area contributed by atoms with Crippen molar-refractivity contribution in [2.24, 2.45) is 0 Å². The van der Waals surface area contributed by atoms with Gasteiger partial charge in [-0.2, -0.15) is 0 Å². The van der Waals surface area contributed by atoms with Gasteiger partial charge in [0.2, 0.25) is 0 Å². The third kappa shape index (κ3) is 12.0. The largest absolute Gasteiger partial charge is 0.356 e. The third-order valence-corrected chi connectivity index (χ3v) is 6.42. The molecule has 28 heavy (non-hydrogen) atoms. The van der Waals surface area contributed by atoms with Gasteiger partial charge >= 0.3 is 0 Å². The minimum absolute atomic E-state index is 0.636. The topological polar surface area (TPSA) is 6.48 Å². The van der Waals surface area contributed by atoms with Crippen molar-refractivity contribution < 1.29 is 0 Å². The Morgan fingerprint density at radius 2 is 0.929 bits per heavy atom. The fourth-order valence-electron chi connectivity index (χ4n) is 4.48. The van der Waals surface area contributed by atoms with Crippen LogP contribution in [0.15, 0.2) is 12.4 Å². The van der Waals surface area contributed by atoms with Gasteiger partial charge in [0.1, 0.15) is 6.17 Å². The van der Waals surface area contributed by atoms with Crippen LogP contribution in [0.3, 0.4) is 0 Å². The average molecular weight is 393 g/mol. The van der Waals surface area contributed by atoms with E-state index in [0.717, 1.165) is 6.54 Å². The molecule has 1 unspecified atom stereocenters. The number of unbranched alkanes of at least 4 members (excludes halogenated alkanes) is 15. The Morgan fingerprint density at radius 1 is 0.500 bits per heavy atom. The maximum atomic E-state index is 2.60. The lowest BCUT2D eigenvalue weighted by Crippen LogP contribution is -2.38. The summed E-state index contributed by atoms with van der Waals surface area (Å²) in [4.78, 5) is 5.11. The van der Waals surface area contributed by atoms with E-state index in [4.69, 9.17) is 0 Å². The fourth-order valence-corrected chi connectivity index (χ4v) is 4.48. The van der Waals surface area contributed by atoms with Crippen molar-refractivity contribution in [2.75, 3.05) is 13.1 Å². The zero-order chi connectivity index (χ0) is 20.3. The van der Waals surface area contributed by atoms with E-state index in [1.54, 1.807) is 0 Å². The predicted molar refractivity (Wildman–Crippen MR) is 126 cm³/mol. The molecule has 0 amide bonds. The first kappa shape index (κ1) is 25.4. The van der Waals surface area contributed by atoms with Crippen LogP contribution in [0.1, 0.15) is 136 Å². The van der Waals surface area contributed by atoms with Crippen LogP contribution in [0.5, 0.6) is 0 Å². The summed E-state index contributed by atoms with van der Waals surface area (Å²) in [5.74, 6) is 0. The summed E-state index contributed by atoms with van der Waals surface area (Å²) in [7, 11) is 0. The van der Waals surface area contributed by atoms with E-state index in [0.29, 0.717) is 6.17 Å². The molecule has 1 aliphatic rings. The second-order valence-corrected chi connectivity index (χ2v) is 8.94. The molecule has 0 radical (unpaired) electrons. The molecule has 0 bridgehead atoms. The molecule has 0 saturated carbocycles. The van der Waals surface area contributed by atoms with Gasteiger partial charge < -0.3 is 9.80 Å². The number of nitrogens with zero attached hydrogens (tertiary/aromatic N) is 2. The molecule has 0 spiro atoms. The zero-order valence-corrected chi connectivity index (χ0v) is 19.8. The first-order valence-electron chi connectivity index (χ1n) is 13.0. The molecule has 0 aliphatic carbocycles. The van der Waals surface area contributed by atoms with Gasteiger partial charge in [-0.3, -0.25) is 0 Å². The molecule has 1 heterocycles. The van der Waals surface area contributed by atoms with E-state index < -0.39 is 0 Å². The first-order valence-corrected chi connectivity index (χ1v) is 13.0. The van der Waals surface area contributed by atoms with Crippen molar-refractivity contribution in [2.45, 2.75) is 143 Å². The van der Waals surface area contributed by atoms with E-state index in [1.807, 2.05) is 0 Å². The monoisotopic (exact) mass is 392 g/mol. The summed E-state index contributed by atoms with van der Waals surface area (Å²) in [6.07, 6.45) is 30.9. The minimum atomic E-state index is 0.636. The van der Waals surface area contributed by atoms with Crippen molar-refractivity contribution >= 4 is 0 Å². The lowest BCUT2D eigenvalue weighted by Gasteiger charge is -2.32. The van der Waals surface area contributed by atoms with Crippen molar-refractivity contribution in [3.8, 4) is 0 Å². The van der Waals surface area contributed by atoms with Crippen LogP contribution in [0, 0.1) is 0 Å². The summed E-state index contributed by atoms with van der Waals surface area (Å²) in [5, 5.41) is 0. The standard InChI is InChI=1S/C26H52N2/c1-4-7-9-10-11-12-13-14-15-16-17-18-19-20-21-23-28-25-24-27(6-3)26(28)22-8-5-2/h24-26H,4-23H2,1-3H3. The maximum Gasteiger partial charge on any atom is 0.101 e. The highest BCUT2D eigenvalue weighted by Crippen LogP contribution is 2.21. The van der Waals surface area contributed by atoms with Crippen LogP contribution < -0.4 is 0 Å². The Balaban J connectivity index is 1.88. The van der Waals surface area contributed by atoms with E-state index in [9.17, 15) is 0 Å². The number of hydrogen-bond acceptors (Lipinski definition) is 2. The second-order valence-electron chi connectivity index (χ2n) is 8.94. The molecule has 0 aromatic rings. The van der Waals surface area contributed by atoms with Crippen molar-refractivity contribution in [3.05, 3.63) is 12.4 Å². The highest BCUT2D eigenvalue weighted by Gasteiger charge is 2.23. The van der Waals surface area contributed by atoms with Gasteiger partial charge in [-0.05, 0) is 26.2 Å². The average Bonchev–Trinajstić information content (AvgIpc) is 3.11. The Kier molecular flexibility index (Phi) is 16.7. The number of rotatable bonds is 20. The van der Waals surface area contributed by atoms with Crippen molar-refractivity contribution in [1.29, 1.82) is 0 Å². The van der Waals surface area contributed by atoms with Gasteiger partial charge in [-0.25, -0.2) is 0 Å². The molecule has 1 rings (SSSR count). The van der Waals surface area contributed by atoms with Crippen LogP contribution in [0.4, 0.5) is 0 Å². The van der Waals surface area contributed by atoms with Crippen molar-refractivity contribution in [1.82, 2.24) is 9.80 Å². The van der Waals surface area contributed by atoms with E-state index in [2.05, 4.69) is 43.0 Å². The SMILES string of the molecule is CCCCCCCCCCCCCCCCCN1C=CN(CC)C1CCCC. The summed E-state index contributed by atoms with van der Waals surface area (Å²) in [5.41, 5.74) is 0. The van der Waals surface area contributed by atoms with Crippen LogP contribution in [0.2, 0.25) is 0 Å². The molecule has 0 aromatic heterocycles. The molecular weight excluding hydrogens is 340 g/mol. The Bertz CT molecular complexity index is 352. The number of hydrogen-bond donors (Lipinski definition) is 0. The molecule has 2 nitrogen and oxygen atoms in total. The molecular formula is C26H52N2. The third-order valence-electron chi connectivity index (χ3n) is 6.42. The van der Waals surface area contributed by atoms with Gasteiger partial charge in [-0.1, -0.05) is 110 Å². The van der Waals surface area contributed by atoms with Gasteiger partial charge in [0.25, 0.3) is 0 Å². The maximum absolute atomic E-state index is 2.60. The lowest BCUT2D eigenvalue weighted by atomic mass is 10.0. The minimum Gasteiger partial charge on any atom is -0.356 e. The normalized spacial score (nSPS) is 16.5. The highest BCUT2D eigenvalue weighted by molar-refractivity contribution is 4.96. The summed E-state index contributed by atoms with van der Waals surface area (Å²) in [6.45, 7) is 9.27. The highest BCUT2D eigenvalue weighted by atomic mass is 15.4. The molecule has 2 heteroatoms. The van der Waals surface area contributed by atoms with E-state index in [1.165, 1.54) is 122 Å². The molecule has 1 aliphatic heterocycles. The van der Waals surface area contributed by atoms with Gasteiger partial charge in [0.05, 0.1) is 0 Å². The summed E-state index contributed by atoms with van der Waals surface area (Å²) in [6, 6.07) is 0.